The van der Waals surface area contributed by atoms with Crippen LogP contribution in [0.5, 0.6) is 0 Å². The van der Waals surface area contributed by atoms with Crippen LogP contribution in [-0.2, 0) is 6.42 Å². The standard InChI is InChI=1S/C11H19N3/c1-3-5-10-12-11(14-13-10)9-7-4-6-8(9)2/h8-9H,3-7H2,1-2H3,(H,12,13,14). The van der Waals surface area contributed by atoms with Gasteiger partial charge in [-0.1, -0.05) is 20.3 Å². The van der Waals surface area contributed by atoms with Gasteiger partial charge in [0.25, 0.3) is 0 Å². The van der Waals surface area contributed by atoms with E-state index in [9.17, 15) is 0 Å². The molecule has 1 saturated carbocycles. The van der Waals surface area contributed by atoms with Crippen molar-refractivity contribution in [2.75, 3.05) is 0 Å². The largest absolute Gasteiger partial charge is 0.263 e. The Bertz CT molecular complexity index is 292. The van der Waals surface area contributed by atoms with Crippen LogP contribution in [0.4, 0.5) is 0 Å². The van der Waals surface area contributed by atoms with Crippen LogP contribution in [0.2, 0.25) is 0 Å². The van der Waals surface area contributed by atoms with Crippen molar-refractivity contribution in [1.82, 2.24) is 15.2 Å². The van der Waals surface area contributed by atoms with Gasteiger partial charge in [-0.2, -0.15) is 5.10 Å². The molecule has 0 spiro atoms. The van der Waals surface area contributed by atoms with Gasteiger partial charge in [0.1, 0.15) is 5.82 Å². The molecule has 3 nitrogen and oxygen atoms in total. The van der Waals surface area contributed by atoms with Gasteiger partial charge >= 0.3 is 0 Å². The highest BCUT2D eigenvalue weighted by Gasteiger charge is 2.27. The van der Waals surface area contributed by atoms with Gasteiger partial charge in [-0.15, -0.1) is 0 Å². The molecule has 1 aliphatic rings. The average molecular weight is 193 g/mol. The molecule has 0 aliphatic heterocycles. The second-order valence-electron chi connectivity index (χ2n) is 4.40. The Morgan fingerprint density at radius 1 is 1.43 bits per heavy atom. The van der Waals surface area contributed by atoms with Crippen molar-refractivity contribution in [1.29, 1.82) is 0 Å². The van der Waals surface area contributed by atoms with Crippen molar-refractivity contribution >= 4 is 0 Å². The van der Waals surface area contributed by atoms with Crippen molar-refractivity contribution in [2.24, 2.45) is 5.92 Å². The molecule has 0 aromatic carbocycles. The first-order valence-corrected chi connectivity index (χ1v) is 5.72. The van der Waals surface area contributed by atoms with Crippen LogP contribution in [-0.4, -0.2) is 15.2 Å². The van der Waals surface area contributed by atoms with E-state index in [0.29, 0.717) is 5.92 Å². The van der Waals surface area contributed by atoms with E-state index in [4.69, 9.17) is 0 Å². The Hall–Kier alpha value is -0.860. The van der Waals surface area contributed by atoms with Crippen molar-refractivity contribution in [3.63, 3.8) is 0 Å². The minimum absolute atomic E-state index is 0.608. The van der Waals surface area contributed by atoms with Gasteiger partial charge in [0, 0.05) is 12.3 Å². The monoisotopic (exact) mass is 193 g/mol. The number of hydrogen-bond acceptors (Lipinski definition) is 2. The molecule has 1 aliphatic carbocycles. The minimum Gasteiger partial charge on any atom is -0.263 e. The molecule has 1 aromatic heterocycles. The molecule has 14 heavy (non-hydrogen) atoms. The van der Waals surface area contributed by atoms with Gasteiger partial charge in [0.15, 0.2) is 5.82 Å². The first-order chi connectivity index (χ1) is 6.81. The van der Waals surface area contributed by atoms with E-state index in [1.54, 1.807) is 0 Å². The zero-order chi connectivity index (χ0) is 9.97. The molecule has 1 fully saturated rings. The summed E-state index contributed by atoms with van der Waals surface area (Å²) in [6.07, 6.45) is 6.10. The van der Waals surface area contributed by atoms with Gasteiger partial charge in [-0.3, -0.25) is 5.10 Å². The Morgan fingerprint density at radius 3 is 2.93 bits per heavy atom. The van der Waals surface area contributed by atoms with E-state index in [2.05, 4.69) is 29.0 Å². The van der Waals surface area contributed by atoms with Gasteiger partial charge < -0.3 is 0 Å². The summed E-state index contributed by atoms with van der Waals surface area (Å²) < 4.78 is 0. The summed E-state index contributed by atoms with van der Waals surface area (Å²) in [5.74, 6) is 3.48. The second-order valence-corrected chi connectivity index (χ2v) is 4.40. The molecule has 78 valence electrons. The Morgan fingerprint density at radius 2 is 2.29 bits per heavy atom. The molecule has 3 heteroatoms. The maximum absolute atomic E-state index is 4.57. The summed E-state index contributed by atoms with van der Waals surface area (Å²) in [6, 6.07) is 0. The van der Waals surface area contributed by atoms with Crippen molar-refractivity contribution in [3.05, 3.63) is 11.6 Å². The lowest BCUT2D eigenvalue weighted by Gasteiger charge is -2.09. The van der Waals surface area contributed by atoms with Gasteiger partial charge in [-0.05, 0) is 25.2 Å². The minimum atomic E-state index is 0.608. The fraction of sp³-hybridized carbons (Fsp3) is 0.818. The van der Waals surface area contributed by atoms with E-state index in [-0.39, 0.29) is 0 Å². The van der Waals surface area contributed by atoms with Crippen LogP contribution in [0, 0.1) is 5.92 Å². The molecule has 1 N–H and O–H groups in total. The predicted octanol–water partition coefficient (Wildman–Crippen LogP) is 2.66. The third kappa shape index (κ3) is 1.81. The third-order valence-corrected chi connectivity index (χ3v) is 3.23. The Balaban J connectivity index is 2.08. The van der Waals surface area contributed by atoms with Crippen LogP contribution < -0.4 is 0 Å². The van der Waals surface area contributed by atoms with E-state index in [1.165, 1.54) is 19.3 Å². The summed E-state index contributed by atoms with van der Waals surface area (Å²) in [6.45, 7) is 4.48. The fourth-order valence-corrected chi connectivity index (χ4v) is 2.35. The molecule has 1 heterocycles. The molecule has 0 bridgehead atoms. The van der Waals surface area contributed by atoms with Crippen molar-refractivity contribution in [3.8, 4) is 0 Å². The number of nitrogens with zero attached hydrogens (tertiary/aromatic N) is 2. The average Bonchev–Trinajstić information content (AvgIpc) is 2.74. The summed E-state index contributed by atoms with van der Waals surface area (Å²) >= 11 is 0. The highest BCUT2D eigenvalue weighted by atomic mass is 15.2. The van der Waals surface area contributed by atoms with E-state index >= 15 is 0 Å². The third-order valence-electron chi connectivity index (χ3n) is 3.23. The topological polar surface area (TPSA) is 41.6 Å². The number of aromatic nitrogens is 3. The Labute approximate surface area is 85.3 Å². The molecule has 1 aromatic rings. The molecule has 2 atom stereocenters. The lowest BCUT2D eigenvalue weighted by molar-refractivity contribution is 0.511. The summed E-state index contributed by atoms with van der Waals surface area (Å²) in [5, 5.41) is 7.37. The normalized spacial score (nSPS) is 27.0. The van der Waals surface area contributed by atoms with Gasteiger partial charge in [-0.25, -0.2) is 4.98 Å². The number of aromatic amines is 1. The zero-order valence-corrected chi connectivity index (χ0v) is 9.08. The predicted molar refractivity (Wildman–Crippen MR) is 56.1 cm³/mol. The summed E-state index contributed by atoms with van der Waals surface area (Å²) in [7, 11) is 0. The number of H-pyrrole nitrogens is 1. The highest BCUT2D eigenvalue weighted by molar-refractivity contribution is 5.02. The maximum atomic E-state index is 4.57. The van der Waals surface area contributed by atoms with Crippen molar-refractivity contribution < 1.29 is 0 Å². The number of nitrogens with one attached hydrogen (secondary N) is 1. The maximum Gasteiger partial charge on any atom is 0.154 e. The number of hydrogen-bond donors (Lipinski definition) is 1. The quantitative estimate of drug-likeness (QED) is 0.801. The molecule has 2 unspecified atom stereocenters. The van der Waals surface area contributed by atoms with E-state index < -0.39 is 0 Å². The number of aryl methyl sites for hydroxylation is 1. The second kappa shape index (κ2) is 4.11. The molecule has 0 radical (unpaired) electrons. The molecular formula is C11H19N3. The van der Waals surface area contributed by atoms with E-state index in [0.717, 1.165) is 30.4 Å². The van der Waals surface area contributed by atoms with Crippen LogP contribution in [0.1, 0.15) is 57.1 Å². The molecule has 2 rings (SSSR count). The van der Waals surface area contributed by atoms with Crippen LogP contribution in [0.25, 0.3) is 0 Å². The van der Waals surface area contributed by atoms with Crippen LogP contribution in [0.15, 0.2) is 0 Å². The Kier molecular flexibility index (Phi) is 2.85. The first-order valence-electron chi connectivity index (χ1n) is 5.72. The van der Waals surface area contributed by atoms with Crippen molar-refractivity contribution in [2.45, 2.75) is 51.9 Å². The zero-order valence-electron chi connectivity index (χ0n) is 9.08. The summed E-state index contributed by atoms with van der Waals surface area (Å²) in [5.41, 5.74) is 0. The van der Waals surface area contributed by atoms with Gasteiger partial charge in [0.05, 0.1) is 0 Å². The lowest BCUT2D eigenvalue weighted by Crippen LogP contribution is -2.04. The van der Waals surface area contributed by atoms with E-state index in [1.807, 2.05) is 0 Å². The molecule has 0 saturated heterocycles. The molecule has 0 amide bonds. The molecular weight excluding hydrogens is 174 g/mol. The SMILES string of the molecule is CCCc1nc(C2CCCC2C)n[nH]1. The number of rotatable bonds is 3. The fourth-order valence-electron chi connectivity index (χ4n) is 2.35. The van der Waals surface area contributed by atoms with Gasteiger partial charge in [0.2, 0.25) is 0 Å². The van der Waals surface area contributed by atoms with Crippen LogP contribution in [0.3, 0.4) is 0 Å². The van der Waals surface area contributed by atoms with Crippen LogP contribution >= 0.6 is 0 Å². The highest BCUT2D eigenvalue weighted by Crippen LogP contribution is 2.37. The first kappa shape index (κ1) is 9.69. The smallest absolute Gasteiger partial charge is 0.154 e. The summed E-state index contributed by atoms with van der Waals surface area (Å²) in [4.78, 5) is 4.57. The lowest BCUT2D eigenvalue weighted by atomic mass is 9.98.